The van der Waals surface area contributed by atoms with Crippen molar-refractivity contribution < 1.29 is 4.79 Å². The first-order valence-electron chi connectivity index (χ1n) is 9.86. The van der Waals surface area contributed by atoms with Gasteiger partial charge in [-0.05, 0) is 48.4 Å². The van der Waals surface area contributed by atoms with Crippen LogP contribution < -0.4 is 5.32 Å². The van der Waals surface area contributed by atoms with Crippen LogP contribution in [-0.4, -0.2) is 21.1 Å². The monoisotopic (exact) mass is 433 g/mol. The molecule has 0 bridgehead atoms. The van der Waals surface area contributed by atoms with E-state index in [4.69, 9.17) is 4.98 Å². The van der Waals surface area contributed by atoms with Crippen LogP contribution in [0.5, 0.6) is 0 Å². The van der Waals surface area contributed by atoms with Crippen LogP contribution in [-0.2, 0) is 11.2 Å². The third-order valence-corrected chi connectivity index (χ3v) is 6.69. The molecule has 4 nitrogen and oxygen atoms in total. The molecule has 0 spiro atoms. The zero-order valence-electron chi connectivity index (χ0n) is 17.2. The van der Waals surface area contributed by atoms with Crippen LogP contribution in [0.2, 0.25) is 0 Å². The number of thiazole rings is 1. The topological polar surface area (TPSA) is 54.9 Å². The fourth-order valence-corrected chi connectivity index (χ4v) is 5.05. The predicted molar refractivity (Wildman–Crippen MR) is 127 cm³/mol. The Balaban J connectivity index is 1.49. The lowest BCUT2D eigenvalue weighted by atomic mass is 10.1. The van der Waals surface area contributed by atoms with Gasteiger partial charge >= 0.3 is 0 Å². The summed E-state index contributed by atoms with van der Waals surface area (Å²) >= 11 is 3.38. The molecule has 0 atom stereocenters. The smallest absolute Gasteiger partial charge is 0.228 e. The van der Waals surface area contributed by atoms with E-state index in [9.17, 15) is 4.79 Å². The van der Waals surface area contributed by atoms with Gasteiger partial charge in [0.25, 0.3) is 0 Å². The van der Waals surface area contributed by atoms with Crippen molar-refractivity contribution >= 4 is 45.0 Å². The molecular weight excluding hydrogens is 410 g/mol. The molecule has 4 aromatic rings. The minimum atomic E-state index is -0.0227. The molecule has 0 radical (unpaired) electrons. The number of nitrogens with one attached hydrogen (secondary N) is 1. The fraction of sp³-hybridized carbons (Fsp3) is 0.208. The first-order valence-corrected chi connectivity index (χ1v) is 11.6. The van der Waals surface area contributed by atoms with Crippen LogP contribution >= 0.6 is 23.1 Å². The first-order chi connectivity index (χ1) is 14.5. The number of anilines is 1. The maximum atomic E-state index is 12.6. The molecule has 0 aliphatic carbocycles. The number of carbonyl (C=O) groups is 1. The van der Waals surface area contributed by atoms with Gasteiger partial charge in [-0.15, -0.1) is 11.8 Å². The maximum absolute atomic E-state index is 12.6. The largest absolute Gasteiger partial charge is 0.326 e. The van der Waals surface area contributed by atoms with Gasteiger partial charge in [-0.2, -0.15) is 0 Å². The number of benzene rings is 2. The van der Waals surface area contributed by atoms with Crippen molar-refractivity contribution in [2.45, 2.75) is 37.3 Å². The van der Waals surface area contributed by atoms with Crippen molar-refractivity contribution in [2.75, 3.05) is 5.32 Å². The Labute approximate surface area is 184 Å². The lowest BCUT2D eigenvalue weighted by Crippen LogP contribution is -2.15. The lowest BCUT2D eigenvalue weighted by Gasteiger charge is -2.12. The van der Waals surface area contributed by atoms with E-state index in [-0.39, 0.29) is 5.91 Å². The van der Waals surface area contributed by atoms with Crippen molar-refractivity contribution in [1.29, 1.82) is 0 Å². The minimum absolute atomic E-state index is 0.0227. The Morgan fingerprint density at radius 3 is 2.63 bits per heavy atom. The van der Waals surface area contributed by atoms with Crippen molar-refractivity contribution in [3.8, 4) is 10.6 Å². The fourth-order valence-electron chi connectivity index (χ4n) is 3.23. The predicted octanol–water partition coefficient (Wildman–Crippen LogP) is 6.35. The Hall–Kier alpha value is -2.70. The summed E-state index contributed by atoms with van der Waals surface area (Å²) in [5.74, 6) is -0.0227. The SMILES string of the molecule is Cc1c(NC(=O)Cc2ccc(SC(C)C)cc2)cccc1-c1nc2cccnc2s1. The number of carbonyl (C=O) groups excluding carboxylic acids is 1. The van der Waals surface area contributed by atoms with Crippen LogP contribution in [0, 0.1) is 6.92 Å². The number of amides is 1. The number of pyridine rings is 1. The Bertz CT molecular complexity index is 1150. The zero-order chi connectivity index (χ0) is 21.1. The van der Waals surface area contributed by atoms with Gasteiger partial charge in [0.05, 0.1) is 6.42 Å². The highest BCUT2D eigenvalue weighted by Gasteiger charge is 2.13. The summed E-state index contributed by atoms with van der Waals surface area (Å²) in [5.41, 5.74) is 4.74. The number of thioether (sulfide) groups is 1. The molecule has 1 amide bonds. The summed E-state index contributed by atoms with van der Waals surface area (Å²) in [6.07, 6.45) is 2.13. The van der Waals surface area contributed by atoms with E-state index in [1.54, 1.807) is 17.5 Å². The molecule has 2 aromatic carbocycles. The van der Waals surface area contributed by atoms with E-state index in [1.165, 1.54) is 4.90 Å². The van der Waals surface area contributed by atoms with Crippen molar-refractivity contribution in [3.05, 3.63) is 71.9 Å². The molecular formula is C24H23N3OS2. The molecule has 2 aromatic heterocycles. The van der Waals surface area contributed by atoms with Gasteiger partial charge in [0, 0.05) is 27.6 Å². The molecule has 0 aliphatic rings. The molecule has 4 rings (SSSR count). The third-order valence-electron chi connectivity index (χ3n) is 4.66. The first kappa shape index (κ1) is 20.6. The van der Waals surface area contributed by atoms with Crippen molar-refractivity contribution in [3.63, 3.8) is 0 Å². The van der Waals surface area contributed by atoms with Gasteiger partial charge in [0.1, 0.15) is 15.4 Å². The highest BCUT2D eigenvalue weighted by atomic mass is 32.2. The summed E-state index contributed by atoms with van der Waals surface area (Å²) in [6.45, 7) is 6.36. The number of hydrogen-bond acceptors (Lipinski definition) is 5. The molecule has 30 heavy (non-hydrogen) atoms. The summed E-state index contributed by atoms with van der Waals surface area (Å²) < 4.78 is 0. The summed E-state index contributed by atoms with van der Waals surface area (Å²) in [4.78, 5) is 23.9. The molecule has 0 unspecified atom stereocenters. The van der Waals surface area contributed by atoms with Gasteiger partial charge in [0.15, 0.2) is 0 Å². The molecule has 0 aliphatic heterocycles. The van der Waals surface area contributed by atoms with Gasteiger partial charge < -0.3 is 5.32 Å². The van der Waals surface area contributed by atoms with Gasteiger partial charge in [-0.3, -0.25) is 4.79 Å². The van der Waals surface area contributed by atoms with E-state index < -0.39 is 0 Å². The summed E-state index contributed by atoms with van der Waals surface area (Å²) in [7, 11) is 0. The van der Waals surface area contributed by atoms with E-state index in [1.807, 2.05) is 61.2 Å². The zero-order valence-corrected chi connectivity index (χ0v) is 18.8. The molecule has 1 N–H and O–H groups in total. The molecule has 2 heterocycles. The Kier molecular flexibility index (Phi) is 6.16. The quantitative estimate of drug-likeness (QED) is 0.360. The van der Waals surface area contributed by atoms with Gasteiger partial charge in [-0.1, -0.05) is 49.4 Å². The van der Waals surface area contributed by atoms with Crippen molar-refractivity contribution in [2.24, 2.45) is 0 Å². The standard InChI is InChI=1S/C24H23N3OS2/c1-15(2)29-18-11-9-17(10-12-18)14-22(28)26-20-7-4-6-19(16(20)3)23-27-21-8-5-13-25-24(21)30-23/h4-13,15H,14H2,1-3H3,(H,26,28). The minimum Gasteiger partial charge on any atom is -0.326 e. The Morgan fingerprint density at radius 2 is 1.90 bits per heavy atom. The highest BCUT2D eigenvalue weighted by molar-refractivity contribution is 7.99. The van der Waals surface area contributed by atoms with E-state index in [0.29, 0.717) is 11.7 Å². The number of fused-ring (bicyclic) bond motifs is 1. The number of rotatable bonds is 6. The normalized spacial score (nSPS) is 11.2. The number of nitrogens with zero attached hydrogens (tertiary/aromatic N) is 2. The van der Waals surface area contributed by atoms with E-state index in [0.717, 1.165) is 37.7 Å². The van der Waals surface area contributed by atoms with E-state index in [2.05, 4.69) is 36.3 Å². The van der Waals surface area contributed by atoms with Crippen molar-refractivity contribution in [1.82, 2.24) is 9.97 Å². The highest BCUT2D eigenvalue weighted by Crippen LogP contribution is 2.33. The van der Waals surface area contributed by atoms with Gasteiger partial charge in [0.2, 0.25) is 5.91 Å². The average Bonchev–Trinajstić information content (AvgIpc) is 3.14. The molecule has 0 saturated carbocycles. The van der Waals surface area contributed by atoms with Crippen LogP contribution in [0.1, 0.15) is 25.0 Å². The summed E-state index contributed by atoms with van der Waals surface area (Å²) in [5, 5.41) is 4.52. The molecule has 6 heteroatoms. The second-order valence-corrected chi connectivity index (χ2v) is 9.99. The maximum Gasteiger partial charge on any atom is 0.228 e. The average molecular weight is 434 g/mol. The lowest BCUT2D eigenvalue weighted by molar-refractivity contribution is -0.115. The summed E-state index contributed by atoms with van der Waals surface area (Å²) in [6, 6.07) is 18.0. The second kappa shape index (κ2) is 8.98. The number of aromatic nitrogens is 2. The molecule has 0 fully saturated rings. The van der Waals surface area contributed by atoms with Gasteiger partial charge in [-0.25, -0.2) is 9.97 Å². The molecule has 152 valence electrons. The number of hydrogen-bond donors (Lipinski definition) is 1. The second-order valence-electron chi connectivity index (χ2n) is 7.36. The molecule has 0 saturated heterocycles. The van der Waals surface area contributed by atoms with Crippen LogP contribution in [0.3, 0.4) is 0 Å². The van der Waals surface area contributed by atoms with Crippen LogP contribution in [0.25, 0.3) is 20.9 Å². The third kappa shape index (κ3) is 4.71. The van der Waals surface area contributed by atoms with Crippen LogP contribution in [0.4, 0.5) is 5.69 Å². The Morgan fingerprint density at radius 1 is 1.10 bits per heavy atom. The van der Waals surface area contributed by atoms with Crippen LogP contribution in [0.15, 0.2) is 65.7 Å². The van der Waals surface area contributed by atoms with E-state index >= 15 is 0 Å².